The van der Waals surface area contributed by atoms with Gasteiger partial charge in [-0.2, -0.15) is 0 Å². The fourth-order valence-corrected chi connectivity index (χ4v) is 3.34. The van der Waals surface area contributed by atoms with E-state index in [1.165, 1.54) is 24.3 Å². The number of nitrogens with two attached hydrogens (primary N) is 1. The molecular weight excluding hydrogens is 351 g/mol. The Morgan fingerprint density at radius 1 is 1.26 bits per heavy atom. The second kappa shape index (κ2) is 7.79. The van der Waals surface area contributed by atoms with Gasteiger partial charge in [-0.15, -0.1) is 0 Å². The molecule has 0 bridgehead atoms. The number of hydrogen-bond acceptors (Lipinski definition) is 6. The van der Waals surface area contributed by atoms with Crippen molar-refractivity contribution in [3.63, 3.8) is 0 Å². The predicted octanol–water partition coefficient (Wildman–Crippen LogP) is 3.54. The molecule has 2 aromatic carbocycles. The lowest BCUT2D eigenvalue weighted by atomic mass is 10.1. The van der Waals surface area contributed by atoms with Crippen LogP contribution in [-0.4, -0.2) is 30.2 Å². The molecular formula is C19H23FN4O3. The highest BCUT2D eigenvalue weighted by molar-refractivity contribution is 5.67. The van der Waals surface area contributed by atoms with Crippen molar-refractivity contribution in [3.8, 4) is 0 Å². The summed E-state index contributed by atoms with van der Waals surface area (Å²) in [5.41, 5.74) is 7.58. The maximum Gasteiger partial charge on any atom is 0.292 e. The molecule has 144 valence electrons. The number of hydrogen-bond donors (Lipinski definition) is 2. The molecule has 0 saturated carbocycles. The van der Waals surface area contributed by atoms with E-state index in [9.17, 15) is 14.5 Å². The molecule has 0 aromatic heterocycles. The molecule has 0 radical (unpaired) electrons. The molecule has 1 aliphatic rings. The van der Waals surface area contributed by atoms with E-state index < -0.39 is 4.92 Å². The Morgan fingerprint density at radius 2 is 1.96 bits per heavy atom. The number of anilines is 3. The van der Waals surface area contributed by atoms with Gasteiger partial charge in [0.05, 0.1) is 22.8 Å². The van der Waals surface area contributed by atoms with E-state index >= 15 is 0 Å². The van der Waals surface area contributed by atoms with E-state index in [4.69, 9.17) is 10.5 Å². The van der Waals surface area contributed by atoms with Crippen molar-refractivity contribution in [2.75, 3.05) is 29.0 Å². The highest BCUT2D eigenvalue weighted by Crippen LogP contribution is 2.28. The van der Waals surface area contributed by atoms with Gasteiger partial charge in [0.25, 0.3) is 5.69 Å². The summed E-state index contributed by atoms with van der Waals surface area (Å²) in [6, 6.07) is 9.33. The average molecular weight is 374 g/mol. The summed E-state index contributed by atoms with van der Waals surface area (Å²) >= 11 is 0. The number of halogens is 1. The SMILES string of the molecule is C[C@H]1CN(c2ccc(CNc3cc(N)ccc3[N+](=O)[O-])cc2F)C[C@H](C)O1. The Morgan fingerprint density at radius 3 is 2.59 bits per heavy atom. The maximum atomic E-state index is 14.6. The molecule has 0 spiro atoms. The minimum Gasteiger partial charge on any atom is -0.399 e. The van der Waals surface area contributed by atoms with Crippen LogP contribution in [0.3, 0.4) is 0 Å². The molecule has 1 fully saturated rings. The third kappa shape index (κ3) is 4.46. The first-order valence-corrected chi connectivity index (χ1v) is 8.80. The molecule has 3 rings (SSSR count). The number of nitro benzene ring substituents is 1. The minimum absolute atomic E-state index is 0.0404. The summed E-state index contributed by atoms with van der Waals surface area (Å²) in [6.07, 6.45) is 0.0807. The van der Waals surface area contributed by atoms with E-state index in [0.717, 1.165) is 0 Å². The quantitative estimate of drug-likeness (QED) is 0.472. The molecule has 0 amide bonds. The minimum atomic E-state index is -0.480. The Labute approximate surface area is 157 Å². The predicted molar refractivity (Wildman–Crippen MR) is 103 cm³/mol. The summed E-state index contributed by atoms with van der Waals surface area (Å²) in [4.78, 5) is 12.6. The number of benzene rings is 2. The number of ether oxygens (including phenoxy) is 1. The fraction of sp³-hybridized carbons (Fsp3) is 0.368. The van der Waals surface area contributed by atoms with E-state index in [1.807, 2.05) is 24.8 Å². The molecule has 1 aliphatic heterocycles. The molecule has 2 atom stereocenters. The fourth-order valence-electron chi connectivity index (χ4n) is 3.34. The van der Waals surface area contributed by atoms with Crippen molar-refractivity contribution < 1.29 is 14.1 Å². The highest BCUT2D eigenvalue weighted by Gasteiger charge is 2.24. The van der Waals surface area contributed by atoms with Crippen molar-refractivity contribution in [2.45, 2.75) is 32.6 Å². The molecule has 27 heavy (non-hydrogen) atoms. The topological polar surface area (TPSA) is 93.7 Å². The van der Waals surface area contributed by atoms with Gasteiger partial charge in [-0.3, -0.25) is 10.1 Å². The van der Waals surface area contributed by atoms with Crippen LogP contribution >= 0.6 is 0 Å². The largest absolute Gasteiger partial charge is 0.399 e. The van der Waals surface area contributed by atoms with E-state index in [-0.39, 0.29) is 30.3 Å². The molecule has 2 aromatic rings. The van der Waals surface area contributed by atoms with Crippen LogP contribution in [-0.2, 0) is 11.3 Å². The van der Waals surface area contributed by atoms with Crippen LogP contribution in [0.1, 0.15) is 19.4 Å². The van der Waals surface area contributed by atoms with Gasteiger partial charge in [0, 0.05) is 31.4 Å². The standard InChI is InChI=1S/C19H23FN4O3/c1-12-10-23(11-13(2)27-12)18-5-3-14(7-16(18)20)9-22-17-8-15(21)4-6-19(17)24(25)26/h3-8,12-13,22H,9-11,21H2,1-2H3/t12-,13-/m0/s1. The second-order valence-electron chi connectivity index (χ2n) is 6.84. The van der Waals surface area contributed by atoms with Crippen LogP contribution in [0.5, 0.6) is 0 Å². The lowest BCUT2D eigenvalue weighted by Crippen LogP contribution is -2.45. The van der Waals surface area contributed by atoms with Crippen molar-refractivity contribution in [1.29, 1.82) is 0 Å². The average Bonchev–Trinajstić information content (AvgIpc) is 2.59. The monoisotopic (exact) mass is 374 g/mol. The van der Waals surface area contributed by atoms with Gasteiger partial charge in [-0.1, -0.05) is 6.07 Å². The first-order chi connectivity index (χ1) is 12.8. The zero-order valence-corrected chi connectivity index (χ0v) is 15.3. The van der Waals surface area contributed by atoms with Gasteiger partial charge in [-0.25, -0.2) is 4.39 Å². The lowest BCUT2D eigenvalue weighted by molar-refractivity contribution is -0.383. The Kier molecular flexibility index (Phi) is 5.46. The number of nitrogen functional groups attached to an aromatic ring is 1. The van der Waals surface area contributed by atoms with E-state index in [0.29, 0.717) is 35.7 Å². The Bertz CT molecular complexity index is 836. The number of nitro groups is 1. The van der Waals surface area contributed by atoms with Gasteiger partial charge in [-0.05, 0) is 43.7 Å². The number of rotatable bonds is 5. The lowest BCUT2D eigenvalue weighted by Gasteiger charge is -2.37. The van der Waals surface area contributed by atoms with E-state index in [1.54, 1.807) is 6.07 Å². The van der Waals surface area contributed by atoms with Gasteiger partial charge in [0.15, 0.2) is 0 Å². The summed E-state index contributed by atoms with van der Waals surface area (Å²) in [7, 11) is 0. The molecule has 1 saturated heterocycles. The number of nitrogens with one attached hydrogen (secondary N) is 1. The van der Waals surface area contributed by atoms with Crippen LogP contribution in [0.25, 0.3) is 0 Å². The summed E-state index contributed by atoms with van der Waals surface area (Å²) in [5.74, 6) is -0.322. The van der Waals surface area contributed by atoms with Crippen molar-refractivity contribution in [3.05, 3.63) is 57.9 Å². The Balaban J connectivity index is 1.73. The zero-order chi connectivity index (χ0) is 19.6. The summed E-state index contributed by atoms with van der Waals surface area (Å²) < 4.78 is 20.3. The van der Waals surface area contributed by atoms with Crippen LogP contribution in [0, 0.1) is 15.9 Å². The van der Waals surface area contributed by atoms with Crippen molar-refractivity contribution in [2.24, 2.45) is 0 Å². The third-order valence-corrected chi connectivity index (χ3v) is 4.47. The van der Waals surface area contributed by atoms with Gasteiger partial charge in [0.1, 0.15) is 11.5 Å². The van der Waals surface area contributed by atoms with Crippen LogP contribution in [0.4, 0.5) is 27.1 Å². The van der Waals surface area contributed by atoms with E-state index in [2.05, 4.69) is 5.32 Å². The zero-order valence-electron chi connectivity index (χ0n) is 15.3. The summed E-state index contributed by atoms with van der Waals surface area (Å²) in [6.45, 7) is 5.45. The van der Waals surface area contributed by atoms with Gasteiger partial charge in [0.2, 0.25) is 0 Å². The van der Waals surface area contributed by atoms with Crippen molar-refractivity contribution in [1.82, 2.24) is 0 Å². The molecule has 3 N–H and O–H groups in total. The van der Waals surface area contributed by atoms with Crippen molar-refractivity contribution >= 4 is 22.7 Å². The molecule has 0 unspecified atom stereocenters. The third-order valence-electron chi connectivity index (χ3n) is 4.47. The summed E-state index contributed by atoms with van der Waals surface area (Å²) in [5, 5.41) is 14.1. The molecule has 7 nitrogen and oxygen atoms in total. The first-order valence-electron chi connectivity index (χ1n) is 8.80. The number of nitrogens with zero attached hydrogens (tertiary/aromatic N) is 2. The Hall–Kier alpha value is -2.87. The number of morpholine rings is 1. The smallest absolute Gasteiger partial charge is 0.292 e. The maximum absolute atomic E-state index is 14.6. The van der Waals surface area contributed by atoms with Gasteiger partial charge < -0.3 is 20.7 Å². The molecule has 1 heterocycles. The second-order valence-corrected chi connectivity index (χ2v) is 6.84. The van der Waals surface area contributed by atoms with Crippen LogP contribution in [0.2, 0.25) is 0 Å². The molecule has 0 aliphatic carbocycles. The van der Waals surface area contributed by atoms with Crippen LogP contribution in [0.15, 0.2) is 36.4 Å². The highest BCUT2D eigenvalue weighted by atomic mass is 19.1. The molecule has 8 heteroatoms. The normalized spacial score (nSPS) is 19.7. The van der Waals surface area contributed by atoms with Gasteiger partial charge >= 0.3 is 0 Å². The first kappa shape index (κ1) is 18.9. The van der Waals surface area contributed by atoms with Crippen LogP contribution < -0.4 is 16.0 Å².